The van der Waals surface area contributed by atoms with Crippen LogP contribution in [0.25, 0.3) is 11.0 Å². The summed E-state index contributed by atoms with van der Waals surface area (Å²) in [7, 11) is 0. The molecule has 0 amide bonds. The maximum atomic E-state index is 6.22. The molecule has 0 aliphatic heterocycles. The van der Waals surface area contributed by atoms with Crippen LogP contribution in [-0.2, 0) is 13.1 Å². The summed E-state index contributed by atoms with van der Waals surface area (Å²) < 4.78 is 7.48. The molecule has 0 fully saturated rings. The molecule has 2 aromatic carbocycles. The zero-order valence-corrected chi connectivity index (χ0v) is 14.8. The number of aromatic nitrogens is 2. The van der Waals surface area contributed by atoms with Crippen LogP contribution in [0.1, 0.15) is 11.3 Å². The molecule has 2 heterocycles. The molecule has 0 radical (unpaired) electrons. The second-order valence-electron chi connectivity index (χ2n) is 5.70. The number of benzene rings is 2. The summed E-state index contributed by atoms with van der Waals surface area (Å²) in [5, 5.41) is 4.35. The SMILES string of the molecule is Clc1cc2nc(NCc3ccco3)n(Cc3ccccc3)c2cc1Cl. The second-order valence-corrected chi connectivity index (χ2v) is 6.51. The fourth-order valence-corrected chi connectivity index (χ4v) is 3.08. The second kappa shape index (κ2) is 6.82. The summed E-state index contributed by atoms with van der Waals surface area (Å²) in [6.07, 6.45) is 1.66. The Hall–Kier alpha value is -2.43. The number of furan rings is 1. The van der Waals surface area contributed by atoms with Crippen LogP contribution in [0.15, 0.2) is 65.3 Å². The van der Waals surface area contributed by atoms with E-state index >= 15 is 0 Å². The number of nitrogens with zero attached hydrogens (tertiary/aromatic N) is 2. The van der Waals surface area contributed by atoms with E-state index in [4.69, 9.17) is 27.6 Å². The number of fused-ring (bicyclic) bond motifs is 1. The smallest absolute Gasteiger partial charge is 0.204 e. The van der Waals surface area contributed by atoms with Gasteiger partial charge in [0, 0.05) is 0 Å². The van der Waals surface area contributed by atoms with Crippen molar-refractivity contribution in [1.82, 2.24) is 9.55 Å². The Morgan fingerprint density at radius 1 is 1.00 bits per heavy atom. The molecule has 0 saturated heterocycles. The third kappa shape index (κ3) is 3.36. The largest absolute Gasteiger partial charge is 0.467 e. The molecule has 0 atom stereocenters. The van der Waals surface area contributed by atoms with Crippen molar-refractivity contribution in [3.63, 3.8) is 0 Å². The Bertz CT molecular complexity index is 995. The first-order valence-corrected chi connectivity index (χ1v) is 8.62. The van der Waals surface area contributed by atoms with Crippen LogP contribution in [0, 0.1) is 0 Å². The minimum absolute atomic E-state index is 0.496. The first kappa shape index (κ1) is 16.1. The highest BCUT2D eigenvalue weighted by Gasteiger charge is 2.14. The van der Waals surface area contributed by atoms with E-state index in [9.17, 15) is 0 Å². The molecule has 6 heteroatoms. The van der Waals surface area contributed by atoms with E-state index in [2.05, 4.69) is 27.0 Å². The third-order valence-corrected chi connectivity index (χ3v) is 4.70. The molecule has 0 unspecified atom stereocenters. The van der Waals surface area contributed by atoms with E-state index in [1.165, 1.54) is 5.56 Å². The maximum absolute atomic E-state index is 6.22. The van der Waals surface area contributed by atoms with Gasteiger partial charge in [-0.05, 0) is 29.8 Å². The zero-order valence-electron chi connectivity index (χ0n) is 13.2. The van der Waals surface area contributed by atoms with Crippen LogP contribution >= 0.6 is 23.2 Å². The minimum atomic E-state index is 0.496. The quantitative estimate of drug-likeness (QED) is 0.496. The Balaban J connectivity index is 1.75. The van der Waals surface area contributed by atoms with Gasteiger partial charge in [-0.2, -0.15) is 0 Å². The molecule has 0 bridgehead atoms. The summed E-state index contributed by atoms with van der Waals surface area (Å²) >= 11 is 12.4. The molecule has 0 spiro atoms. The molecule has 0 aliphatic rings. The predicted octanol–water partition coefficient (Wildman–Crippen LogP) is 5.60. The van der Waals surface area contributed by atoms with Crippen LogP contribution < -0.4 is 5.32 Å². The predicted molar refractivity (Wildman–Crippen MR) is 101 cm³/mol. The van der Waals surface area contributed by atoms with Crippen LogP contribution in [0.4, 0.5) is 5.95 Å². The summed E-state index contributed by atoms with van der Waals surface area (Å²) in [6.45, 7) is 1.22. The molecule has 126 valence electrons. The van der Waals surface area contributed by atoms with Crippen molar-refractivity contribution in [2.45, 2.75) is 13.1 Å². The summed E-state index contributed by atoms with van der Waals surface area (Å²) in [5.41, 5.74) is 2.90. The van der Waals surface area contributed by atoms with E-state index in [1.54, 1.807) is 12.3 Å². The van der Waals surface area contributed by atoms with Crippen molar-refractivity contribution in [2.24, 2.45) is 0 Å². The van der Waals surface area contributed by atoms with Gasteiger partial charge in [0.05, 0.1) is 40.4 Å². The van der Waals surface area contributed by atoms with Crippen molar-refractivity contribution in [3.8, 4) is 0 Å². The number of imidazole rings is 1. The summed E-state index contributed by atoms with van der Waals surface area (Å²) in [4.78, 5) is 4.68. The van der Waals surface area contributed by atoms with Crippen LogP contribution in [0.2, 0.25) is 10.0 Å². The van der Waals surface area contributed by atoms with Gasteiger partial charge in [-0.25, -0.2) is 4.98 Å². The highest BCUT2D eigenvalue weighted by molar-refractivity contribution is 6.42. The lowest BCUT2D eigenvalue weighted by Crippen LogP contribution is -2.08. The van der Waals surface area contributed by atoms with Crippen LogP contribution in [0.3, 0.4) is 0 Å². The molecule has 4 nitrogen and oxygen atoms in total. The third-order valence-electron chi connectivity index (χ3n) is 3.97. The summed E-state index contributed by atoms with van der Waals surface area (Å²) in [6, 6.07) is 17.6. The van der Waals surface area contributed by atoms with Gasteiger partial charge < -0.3 is 14.3 Å². The molecule has 1 N–H and O–H groups in total. The Morgan fingerprint density at radius 2 is 1.80 bits per heavy atom. The fraction of sp³-hybridized carbons (Fsp3) is 0.105. The van der Waals surface area contributed by atoms with Gasteiger partial charge in [0.1, 0.15) is 5.76 Å². The topological polar surface area (TPSA) is 43.0 Å². The number of halogens is 2. The van der Waals surface area contributed by atoms with Gasteiger partial charge in [0.25, 0.3) is 0 Å². The number of hydrogen-bond acceptors (Lipinski definition) is 3. The molecule has 25 heavy (non-hydrogen) atoms. The van der Waals surface area contributed by atoms with Gasteiger partial charge in [-0.15, -0.1) is 0 Å². The number of anilines is 1. The molecule has 0 aliphatic carbocycles. The molecular formula is C19H15Cl2N3O. The van der Waals surface area contributed by atoms with E-state index in [1.807, 2.05) is 36.4 Å². The lowest BCUT2D eigenvalue weighted by Gasteiger charge is -2.10. The molecule has 4 rings (SSSR count). The average molecular weight is 372 g/mol. The van der Waals surface area contributed by atoms with Gasteiger partial charge in [0.15, 0.2) is 0 Å². The van der Waals surface area contributed by atoms with E-state index < -0.39 is 0 Å². The minimum Gasteiger partial charge on any atom is -0.467 e. The fourth-order valence-electron chi connectivity index (χ4n) is 2.76. The average Bonchev–Trinajstić information content (AvgIpc) is 3.24. The van der Waals surface area contributed by atoms with E-state index in [0.717, 1.165) is 22.7 Å². The van der Waals surface area contributed by atoms with Crippen molar-refractivity contribution >= 4 is 40.2 Å². The van der Waals surface area contributed by atoms with Crippen LogP contribution in [0.5, 0.6) is 0 Å². The first-order valence-electron chi connectivity index (χ1n) is 7.86. The van der Waals surface area contributed by atoms with E-state index in [0.29, 0.717) is 23.1 Å². The lowest BCUT2D eigenvalue weighted by molar-refractivity contribution is 0.517. The lowest BCUT2D eigenvalue weighted by atomic mass is 10.2. The molecular weight excluding hydrogens is 357 g/mol. The summed E-state index contributed by atoms with van der Waals surface area (Å²) in [5.74, 6) is 1.59. The van der Waals surface area contributed by atoms with Gasteiger partial charge in [-0.3, -0.25) is 0 Å². The number of nitrogens with one attached hydrogen (secondary N) is 1. The maximum Gasteiger partial charge on any atom is 0.204 e. The number of hydrogen-bond donors (Lipinski definition) is 1. The Morgan fingerprint density at radius 3 is 2.56 bits per heavy atom. The van der Waals surface area contributed by atoms with Crippen LogP contribution in [-0.4, -0.2) is 9.55 Å². The van der Waals surface area contributed by atoms with Gasteiger partial charge >= 0.3 is 0 Å². The highest BCUT2D eigenvalue weighted by Crippen LogP contribution is 2.30. The van der Waals surface area contributed by atoms with Crippen molar-refractivity contribution in [1.29, 1.82) is 0 Å². The number of rotatable bonds is 5. The standard InChI is InChI=1S/C19H15Cl2N3O/c20-15-9-17-18(10-16(15)21)24(12-13-5-2-1-3-6-13)19(23-17)22-11-14-7-4-8-25-14/h1-10H,11-12H2,(H,22,23). The van der Waals surface area contributed by atoms with E-state index in [-0.39, 0.29) is 0 Å². The molecule has 0 saturated carbocycles. The van der Waals surface area contributed by atoms with Crippen molar-refractivity contribution < 1.29 is 4.42 Å². The Kier molecular flexibility index (Phi) is 4.38. The normalized spacial score (nSPS) is 11.1. The first-order chi connectivity index (χ1) is 12.2. The van der Waals surface area contributed by atoms with Gasteiger partial charge in [0.2, 0.25) is 5.95 Å². The molecule has 4 aromatic rings. The van der Waals surface area contributed by atoms with Crippen molar-refractivity contribution in [2.75, 3.05) is 5.32 Å². The monoisotopic (exact) mass is 371 g/mol. The van der Waals surface area contributed by atoms with Gasteiger partial charge in [-0.1, -0.05) is 53.5 Å². The van der Waals surface area contributed by atoms with Crippen molar-refractivity contribution in [3.05, 3.63) is 82.2 Å². The Labute approximate surface area is 155 Å². The zero-order chi connectivity index (χ0) is 17.2. The highest BCUT2D eigenvalue weighted by atomic mass is 35.5. The molecule has 2 aromatic heterocycles.